The summed E-state index contributed by atoms with van der Waals surface area (Å²) < 4.78 is 10.5. The molecule has 0 radical (unpaired) electrons. The van der Waals surface area contributed by atoms with E-state index in [-0.39, 0.29) is 37.7 Å². The highest BCUT2D eigenvalue weighted by atomic mass is 16.5. The Balaban J connectivity index is 1.53. The van der Waals surface area contributed by atoms with Crippen molar-refractivity contribution in [1.29, 1.82) is 0 Å². The second-order valence-corrected chi connectivity index (χ2v) is 7.13. The second kappa shape index (κ2) is 13.5. The Bertz CT molecular complexity index is 653. The molecule has 0 saturated heterocycles. The zero-order chi connectivity index (χ0) is 20.7. The lowest BCUT2D eigenvalue weighted by Crippen LogP contribution is -2.10. The molecule has 0 unspecified atom stereocenters. The van der Waals surface area contributed by atoms with Gasteiger partial charge in [0.1, 0.15) is 13.2 Å². The monoisotopic (exact) mass is 398 g/mol. The zero-order valence-corrected chi connectivity index (χ0v) is 16.8. The van der Waals surface area contributed by atoms with Crippen LogP contribution in [0, 0.1) is 5.92 Å². The first-order chi connectivity index (χ1) is 14.2. The molecule has 0 saturated carbocycles. The number of aliphatic hydroxyl groups is 1. The van der Waals surface area contributed by atoms with E-state index in [9.17, 15) is 14.7 Å². The first-order valence-corrected chi connectivity index (χ1v) is 10.2. The van der Waals surface area contributed by atoms with E-state index in [1.54, 1.807) is 0 Å². The van der Waals surface area contributed by atoms with Crippen molar-refractivity contribution in [1.82, 2.24) is 0 Å². The minimum atomic E-state index is -0.227. The van der Waals surface area contributed by atoms with E-state index in [1.807, 2.05) is 60.7 Å². The largest absolute Gasteiger partial charge is 0.461 e. The molecule has 0 heterocycles. The molecule has 0 aliphatic carbocycles. The molecule has 2 rings (SSSR count). The lowest BCUT2D eigenvalue weighted by molar-refractivity contribution is -0.145. The van der Waals surface area contributed by atoms with E-state index in [1.165, 1.54) is 0 Å². The van der Waals surface area contributed by atoms with Crippen LogP contribution in [0.15, 0.2) is 60.7 Å². The summed E-state index contributed by atoms with van der Waals surface area (Å²) in [7, 11) is 0. The molecule has 1 N–H and O–H groups in total. The van der Waals surface area contributed by atoms with Gasteiger partial charge in [0, 0.05) is 19.4 Å². The standard InChI is InChI=1S/C24H30O5/c25-17-20(13-7-15-23(26)28-18-21-9-3-1-4-10-21)14-8-16-24(27)29-19-22-11-5-2-6-12-22/h1-6,9-12,20,25H,7-8,13-19H2. The Morgan fingerprint density at radius 3 is 1.52 bits per heavy atom. The van der Waals surface area contributed by atoms with E-state index in [4.69, 9.17) is 9.47 Å². The third kappa shape index (κ3) is 9.90. The van der Waals surface area contributed by atoms with Gasteiger partial charge in [-0.1, -0.05) is 60.7 Å². The Hall–Kier alpha value is -2.66. The Morgan fingerprint density at radius 1 is 0.724 bits per heavy atom. The minimum absolute atomic E-state index is 0.0537. The first kappa shape index (κ1) is 22.6. The molecule has 29 heavy (non-hydrogen) atoms. The van der Waals surface area contributed by atoms with Crippen molar-refractivity contribution in [2.24, 2.45) is 5.92 Å². The van der Waals surface area contributed by atoms with Gasteiger partial charge in [-0.15, -0.1) is 0 Å². The summed E-state index contributed by atoms with van der Waals surface area (Å²) in [6, 6.07) is 19.1. The third-order valence-corrected chi connectivity index (χ3v) is 4.73. The van der Waals surface area contributed by atoms with Crippen molar-refractivity contribution in [3.8, 4) is 0 Å². The van der Waals surface area contributed by atoms with Crippen molar-refractivity contribution < 1.29 is 24.2 Å². The quantitative estimate of drug-likeness (QED) is 0.506. The third-order valence-electron chi connectivity index (χ3n) is 4.73. The van der Waals surface area contributed by atoms with Crippen LogP contribution in [0.4, 0.5) is 0 Å². The summed E-state index contributed by atoms with van der Waals surface area (Å²) in [6.45, 7) is 0.626. The van der Waals surface area contributed by atoms with Crippen LogP contribution in [-0.4, -0.2) is 23.7 Å². The maximum Gasteiger partial charge on any atom is 0.306 e. The number of hydrogen-bond acceptors (Lipinski definition) is 5. The summed E-state index contributed by atoms with van der Waals surface area (Å²) in [5, 5.41) is 9.53. The van der Waals surface area contributed by atoms with Crippen LogP contribution in [0.2, 0.25) is 0 Å². The van der Waals surface area contributed by atoms with Crippen molar-refractivity contribution in [2.75, 3.05) is 6.61 Å². The first-order valence-electron chi connectivity index (χ1n) is 10.2. The average molecular weight is 398 g/mol. The topological polar surface area (TPSA) is 72.8 Å². The van der Waals surface area contributed by atoms with Gasteiger partial charge in [0.05, 0.1) is 0 Å². The van der Waals surface area contributed by atoms with Crippen molar-refractivity contribution >= 4 is 11.9 Å². The predicted octanol–water partition coefficient (Wildman–Crippen LogP) is 4.42. The number of ether oxygens (including phenoxy) is 2. The number of hydrogen-bond donors (Lipinski definition) is 1. The van der Waals surface area contributed by atoms with Crippen LogP contribution in [0.3, 0.4) is 0 Å². The fraction of sp³-hybridized carbons (Fsp3) is 0.417. The summed E-state index contributed by atoms with van der Waals surface area (Å²) in [4.78, 5) is 23.7. The molecule has 0 aromatic heterocycles. The van der Waals surface area contributed by atoms with E-state index in [2.05, 4.69) is 0 Å². The smallest absolute Gasteiger partial charge is 0.306 e. The van der Waals surface area contributed by atoms with Gasteiger partial charge in [-0.25, -0.2) is 0 Å². The van der Waals surface area contributed by atoms with Gasteiger partial charge in [-0.3, -0.25) is 9.59 Å². The summed E-state index contributed by atoms with van der Waals surface area (Å²) >= 11 is 0. The van der Waals surface area contributed by atoms with Gasteiger partial charge in [-0.2, -0.15) is 0 Å². The van der Waals surface area contributed by atoms with Gasteiger partial charge < -0.3 is 14.6 Å². The zero-order valence-electron chi connectivity index (χ0n) is 16.8. The molecule has 5 nitrogen and oxygen atoms in total. The molecule has 0 spiro atoms. The Kier molecular flexibility index (Phi) is 10.5. The summed E-state index contributed by atoms with van der Waals surface area (Å²) in [5.74, 6) is -0.371. The summed E-state index contributed by atoms with van der Waals surface area (Å²) in [6.07, 6.45) is 3.46. The number of rotatable bonds is 13. The predicted molar refractivity (Wildman–Crippen MR) is 111 cm³/mol. The van der Waals surface area contributed by atoms with Crippen LogP contribution in [0.1, 0.15) is 49.7 Å². The molecule has 0 aliphatic rings. The van der Waals surface area contributed by atoms with Gasteiger partial charge >= 0.3 is 11.9 Å². The van der Waals surface area contributed by atoms with Gasteiger partial charge in [0.2, 0.25) is 0 Å². The molecular weight excluding hydrogens is 368 g/mol. The molecule has 0 bridgehead atoms. The fourth-order valence-electron chi connectivity index (χ4n) is 3.02. The molecule has 156 valence electrons. The number of carbonyl (C=O) groups is 2. The minimum Gasteiger partial charge on any atom is -0.461 e. The van der Waals surface area contributed by atoms with Crippen molar-refractivity contribution in [2.45, 2.75) is 51.7 Å². The van der Waals surface area contributed by atoms with Crippen LogP contribution in [0.5, 0.6) is 0 Å². The van der Waals surface area contributed by atoms with Crippen LogP contribution in [0.25, 0.3) is 0 Å². The van der Waals surface area contributed by atoms with E-state index in [0.717, 1.165) is 24.0 Å². The van der Waals surface area contributed by atoms with E-state index >= 15 is 0 Å². The highest BCUT2D eigenvalue weighted by molar-refractivity contribution is 5.69. The van der Waals surface area contributed by atoms with Crippen LogP contribution in [-0.2, 0) is 32.3 Å². The Morgan fingerprint density at radius 2 is 1.14 bits per heavy atom. The van der Waals surface area contributed by atoms with Gasteiger partial charge in [0.25, 0.3) is 0 Å². The molecular formula is C24H30O5. The molecule has 2 aromatic carbocycles. The number of esters is 2. The highest BCUT2D eigenvalue weighted by Crippen LogP contribution is 2.17. The van der Waals surface area contributed by atoms with Crippen LogP contribution >= 0.6 is 0 Å². The maximum absolute atomic E-state index is 11.8. The van der Waals surface area contributed by atoms with Crippen molar-refractivity contribution in [3.63, 3.8) is 0 Å². The fourth-order valence-corrected chi connectivity index (χ4v) is 3.02. The van der Waals surface area contributed by atoms with Crippen LogP contribution < -0.4 is 0 Å². The lowest BCUT2D eigenvalue weighted by Gasteiger charge is -2.13. The molecule has 0 atom stereocenters. The molecule has 0 aliphatic heterocycles. The molecule has 0 fully saturated rings. The number of aliphatic hydroxyl groups excluding tert-OH is 1. The molecule has 0 amide bonds. The normalized spacial score (nSPS) is 10.7. The second-order valence-electron chi connectivity index (χ2n) is 7.13. The Labute approximate surface area is 172 Å². The van der Waals surface area contributed by atoms with Gasteiger partial charge in [-0.05, 0) is 42.7 Å². The SMILES string of the molecule is O=C(CCCC(CO)CCCC(=O)OCc1ccccc1)OCc1ccccc1. The number of benzene rings is 2. The number of carbonyl (C=O) groups excluding carboxylic acids is 2. The van der Waals surface area contributed by atoms with E-state index in [0.29, 0.717) is 25.7 Å². The van der Waals surface area contributed by atoms with Crippen molar-refractivity contribution in [3.05, 3.63) is 71.8 Å². The summed E-state index contributed by atoms with van der Waals surface area (Å²) in [5.41, 5.74) is 1.93. The maximum atomic E-state index is 11.8. The average Bonchev–Trinajstić information content (AvgIpc) is 2.76. The molecule has 2 aromatic rings. The molecule has 5 heteroatoms. The van der Waals surface area contributed by atoms with Gasteiger partial charge in [0.15, 0.2) is 0 Å². The highest BCUT2D eigenvalue weighted by Gasteiger charge is 2.12. The lowest BCUT2D eigenvalue weighted by atomic mass is 9.96. The van der Waals surface area contributed by atoms with E-state index < -0.39 is 0 Å².